The van der Waals surface area contributed by atoms with Crippen molar-refractivity contribution in [2.24, 2.45) is 4.99 Å². The molecule has 0 saturated carbocycles. The highest BCUT2D eigenvalue weighted by atomic mass is 35.6. The smallest absolute Gasteiger partial charge is 0.266 e. The number of hydrogen-bond acceptors (Lipinski definition) is 7. The van der Waals surface area contributed by atoms with Gasteiger partial charge in [-0.05, 0) is 23.7 Å². The summed E-state index contributed by atoms with van der Waals surface area (Å²) in [6.45, 7) is 10.1. The number of hydrogen-bond donors (Lipinski definition) is 3. The van der Waals surface area contributed by atoms with Crippen LogP contribution in [0.25, 0.3) is 0 Å². The standard InChI is InChI=1S/C22H34Cl3NO6Si/c1-20(2,3)33(4,5)32-14-21(13-31-19(26-21)22(23,24)25)18(29)17(28)16(27)12-30-11-15-9-7-6-8-10-15/h6-10,16-18,27-29H,11-14H2,1-5H3/t16-,17+,18-,21+/m0/s1. The average molecular weight is 543 g/mol. The van der Waals surface area contributed by atoms with Crippen molar-refractivity contribution in [3.63, 3.8) is 0 Å². The van der Waals surface area contributed by atoms with Gasteiger partial charge in [-0.1, -0.05) is 85.9 Å². The normalized spacial score (nSPS) is 22.5. The number of benzene rings is 1. The van der Waals surface area contributed by atoms with Gasteiger partial charge in [-0.3, -0.25) is 0 Å². The van der Waals surface area contributed by atoms with Crippen molar-refractivity contribution < 1.29 is 29.2 Å². The molecule has 0 saturated heterocycles. The van der Waals surface area contributed by atoms with Gasteiger partial charge in [0.25, 0.3) is 3.79 Å². The zero-order valence-corrected chi connectivity index (χ0v) is 22.9. The van der Waals surface area contributed by atoms with E-state index in [0.29, 0.717) is 0 Å². The van der Waals surface area contributed by atoms with Crippen molar-refractivity contribution in [3.8, 4) is 0 Å². The molecule has 0 bridgehead atoms. The zero-order chi connectivity index (χ0) is 25.1. The molecule has 0 aliphatic carbocycles. The third-order valence-corrected chi connectivity index (χ3v) is 11.1. The molecule has 0 radical (unpaired) electrons. The van der Waals surface area contributed by atoms with Gasteiger partial charge >= 0.3 is 0 Å². The number of ether oxygens (including phenoxy) is 2. The number of rotatable bonds is 10. The molecule has 0 spiro atoms. The summed E-state index contributed by atoms with van der Waals surface area (Å²) in [5.41, 5.74) is -0.547. The second-order valence-electron chi connectivity index (χ2n) is 9.86. The van der Waals surface area contributed by atoms with Gasteiger partial charge in [0, 0.05) is 0 Å². The van der Waals surface area contributed by atoms with Gasteiger partial charge in [0.1, 0.15) is 30.5 Å². The monoisotopic (exact) mass is 541 g/mol. The molecule has 33 heavy (non-hydrogen) atoms. The first kappa shape index (κ1) is 28.8. The van der Waals surface area contributed by atoms with E-state index < -0.39 is 36.0 Å². The Kier molecular flexibility index (Phi) is 9.69. The van der Waals surface area contributed by atoms with Gasteiger partial charge in [0.2, 0.25) is 5.90 Å². The Morgan fingerprint density at radius 1 is 1.12 bits per heavy atom. The van der Waals surface area contributed by atoms with Crippen LogP contribution in [-0.4, -0.2) is 77.0 Å². The highest BCUT2D eigenvalue weighted by Crippen LogP contribution is 2.40. The van der Waals surface area contributed by atoms with Gasteiger partial charge in [-0.2, -0.15) is 0 Å². The Morgan fingerprint density at radius 2 is 1.73 bits per heavy atom. The maximum Gasteiger partial charge on any atom is 0.266 e. The SMILES string of the molecule is CC(C)(C)[Si](C)(C)OC[C@@]1([C@@H](O)[C@H](O)[C@@H](O)COCc2ccccc2)COC(C(Cl)(Cl)Cl)=N1. The minimum Gasteiger partial charge on any atom is -0.475 e. The fourth-order valence-electron chi connectivity index (χ4n) is 2.94. The minimum absolute atomic E-state index is 0.0798. The van der Waals surface area contributed by atoms with Gasteiger partial charge in [0.05, 0.1) is 19.8 Å². The van der Waals surface area contributed by atoms with Crippen LogP contribution in [0.15, 0.2) is 35.3 Å². The number of aliphatic hydroxyl groups is 3. The Bertz CT molecular complexity index is 800. The number of alkyl halides is 3. The molecular formula is C22H34Cl3NO6Si. The van der Waals surface area contributed by atoms with Crippen LogP contribution in [0.1, 0.15) is 26.3 Å². The summed E-state index contributed by atoms with van der Waals surface area (Å²) in [4.78, 5) is 4.34. The number of aliphatic hydroxyl groups excluding tert-OH is 3. The summed E-state index contributed by atoms with van der Waals surface area (Å²) in [5.74, 6) is -0.201. The fraction of sp³-hybridized carbons (Fsp3) is 0.682. The molecule has 2 rings (SSSR count). The first-order chi connectivity index (χ1) is 15.1. The van der Waals surface area contributed by atoms with E-state index in [9.17, 15) is 15.3 Å². The van der Waals surface area contributed by atoms with E-state index in [2.05, 4.69) is 25.8 Å². The van der Waals surface area contributed by atoms with Crippen LogP contribution in [0, 0.1) is 0 Å². The average Bonchev–Trinajstić information content (AvgIpc) is 3.17. The van der Waals surface area contributed by atoms with Gasteiger partial charge < -0.3 is 29.2 Å². The molecule has 4 atom stereocenters. The molecular weight excluding hydrogens is 509 g/mol. The van der Waals surface area contributed by atoms with Crippen LogP contribution in [-0.2, 0) is 20.5 Å². The molecule has 1 aromatic rings. The van der Waals surface area contributed by atoms with Crippen molar-refractivity contribution in [2.45, 2.75) is 73.2 Å². The lowest BCUT2D eigenvalue weighted by atomic mass is 9.89. The maximum atomic E-state index is 11.1. The lowest BCUT2D eigenvalue weighted by Gasteiger charge is -2.40. The van der Waals surface area contributed by atoms with E-state index in [-0.39, 0.29) is 37.4 Å². The van der Waals surface area contributed by atoms with Crippen LogP contribution in [0.4, 0.5) is 0 Å². The van der Waals surface area contributed by atoms with E-state index >= 15 is 0 Å². The molecule has 1 aromatic carbocycles. The number of nitrogens with zero attached hydrogens (tertiary/aromatic N) is 1. The summed E-state index contributed by atoms with van der Waals surface area (Å²) in [6.07, 6.45) is -4.56. The van der Waals surface area contributed by atoms with Crippen LogP contribution in [0.5, 0.6) is 0 Å². The van der Waals surface area contributed by atoms with Crippen LogP contribution in [0.3, 0.4) is 0 Å². The third-order valence-electron chi connectivity index (χ3n) is 6.18. The number of halogens is 3. The quantitative estimate of drug-likeness (QED) is 0.307. The lowest BCUT2D eigenvalue weighted by molar-refractivity contribution is -0.118. The highest BCUT2D eigenvalue weighted by Gasteiger charge is 2.53. The predicted molar refractivity (Wildman–Crippen MR) is 134 cm³/mol. The summed E-state index contributed by atoms with van der Waals surface area (Å²) in [6, 6.07) is 9.40. The van der Waals surface area contributed by atoms with Crippen molar-refractivity contribution in [1.82, 2.24) is 0 Å². The molecule has 0 aromatic heterocycles. The molecule has 3 N–H and O–H groups in total. The second kappa shape index (κ2) is 11.1. The molecule has 0 unspecified atom stereocenters. The second-order valence-corrected chi connectivity index (χ2v) is 16.9. The molecule has 0 amide bonds. The first-order valence-corrected chi connectivity index (χ1v) is 14.7. The Balaban J connectivity index is 2.15. The van der Waals surface area contributed by atoms with Gasteiger partial charge in [-0.15, -0.1) is 0 Å². The predicted octanol–water partition coefficient (Wildman–Crippen LogP) is 3.85. The Hall–Kier alpha value is -0.423. The van der Waals surface area contributed by atoms with E-state index in [1.165, 1.54) is 0 Å². The highest BCUT2D eigenvalue weighted by molar-refractivity contribution is 6.76. The summed E-state index contributed by atoms with van der Waals surface area (Å²) in [7, 11) is -2.26. The van der Waals surface area contributed by atoms with Crippen molar-refractivity contribution >= 4 is 49.0 Å². The molecule has 188 valence electrons. The topological polar surface area (TPSA) is 101 Å². The molecule has 1 aliphatic heterocycles. The van der Waals surface area contributed by atoms with E-state index in [1.54, 1.807) is 0 Å². The van der Waals surface area contributed by atoms with Crippen LogP contribution < -0.4 is 0 Å². The molecule has 1 aliphatic rings. The van der Waals surface area contributed by atoms with Crippen molar-refractivity contribution in [1.29, 1.82) is 0 Å². The van der Waals surface area contributed by atoms with Gasteiger partial charge in [-0.25, -0.2) is 4.99 Å². The first-order valence-electron chi connectivity index (χ1n) is 10.7. The van der Waals surface area contributed by atoms with E-state index in [1.807, 2.05) is 43.4 Å². The molecule has 11 heteroatoms. The molecule has 0 fully saturated rings. The van der Waals surface area contributed by atoms with Crippen LogP contribution >= 0.6 is 34.8 Å². The summed E-state index contributed by atoms with van der Waals surface area (Å²) < 4.78 is 15.3. The third kappa shape index (κ3) is 7.53. The molecule has 1 heterocycles. The van der Waals surface area contributed by atoms with E-state index in [4.69, 9.17) is 48.7 Å². The Labute approximate surface area is 211 Å². The Morgan fingerprint density at radius 3 is 2.24 bits per heavy atom. The van der Waals surface area contributed by atoms with Gasteiger partial charge in [0.15, 0.2) is 8.32 Å². The molecule has 7 nitrogen and oxygen atoms in total. The maximum absolute atomic E-state index is 11.1. The van der Waals surface area contributed by atoms with Crippen molar-refractivity contribution in [2.75, 3.05) is 19.8 Å². The summed E-state index contributed by atoms with van der Waals surface area (Å²) >= 11 is 17.8. The summed E-state index contributed by atoms with van der Waals surface area (Å²) in [5, 5.41) is 32.2. The van der Waals surface area contributed by atoms with Crippen molar-refractivity contribution in [3.05, 3.63) is 35.9 Å². The largest absolute Gasteiger partial charge is 0.475 e. The van der Waals surface area contributed by atoms with Crippen LogP contribution in [0.2, 0.25) is 18.1 Å². The van der Waals surface area contributed by atoms with E-state index in [0.717, 1.165) is 5.56 Å². The number of aliphatic imine (C=N–C) groups is 1. The zero-order valence-electron chi connectivity index (χ0n) is 19.6. The lowest BCUT2D eigenvalue weighted by Crippen LogP contribution is -2.58. The minimum atomic E-state index is -2.26. The fourth-order valence-corrected chi connectivity index (χ4v) is 4.27.